The van der Waals surface area contributed by atoms with Crippen molar-refractivity contribution in [2.75, 3.05) is 125 Å². The van der Waals surface area contributed by atoms with Crippen LogP contribution in [0.1, 0.15) is 99.9 Å². The number of likely N-dealkylation sites (N-methyl/N-ethyl adjacent to an activating group) is 2. The van der Waals surface area contributed by atoms with Crippen LogP contribution in [0.2, 0.25) is 0 Å². The van der Waals surface area contributed by atoms with Crippen LogP contribution < -0.4 is 10.6 Å². The SMILES string of the molecule is CCN(CCC(C)CN1CCN(C(=O)C(NC(=O)c2cccc(C3CCCN(C(=O)CNCC4CCN(C)C(=O)C4)C3)c2)C2CCCCC2)CC1)CC(=O)N1CCN(C)CC1. The number of carbonyl (C=O) groups is 5. The van der Waals surface area contributed by atoms with Crippen LogP contribution in [0.15, 0.2) is 24.3 Å². The number of carbonyl (C=O) groups excluding carboxylic acids is 5. The Morgan fingerprint density at radius 2 is 1.56 bits per heavy atom. The first-order valence-corrected chi connectivity index (χ1v) is 23.8. The Kier molecular flexibility index (Phi) is 17.8. The van der Waals surface area contributed by atoms with Gasteiger partial charge in [0, 0.05) is 103 Å². The average Bonchev–Trinajstić information content (AvgIpc) is 3.28. The van der Waals surface area contributed by atoms with E-state index in [1.54, 1.807) is 4.90 Å². The van der Waals surface area contributed by atoms with Crippen LogP contribution in [0.25, 0.3) is 0 Å². The van der Waals surface area contributed by atoms with E-state index >= 15 is 0 Å². The molecule has 1 aliphatic carbocycles. The Balaban J connectivity index is 0.966. The molecule has 0 spiro atoms. The fourth-order valence-electron chi connectivity index (χ4n) is 10.1. The molecular formula is C47H77N9O5. The Morgan fingerprint density at radius 3 is 2.28 bits per heavy atom. The van der Waals surface area contributed by atoms with E-state index in [1.165, 1.54) is 6.42 Å². The maximum absolute atomic E-state index is 14.3. The van der Waals surface area contributed by atoms with Gasteiger partial charge in [0.25, 0.3) is 5.91 Å². The zero-order valence-corrected chi connectivity index (χ0v) is 38.0. The Morgan fingerprint density at radius 1 is 0.820 bits per heavy atom. The summed E-state index contributed by atoms with van der Waals surface area (Å²) in [5.74, 6) is 1.33. The van der Waals surface area contributed by atoms with Gasteiger partial charge in [-0.15, -0.1) is 0 Å². The van der Waals surface area contributed by atoms with Crippen molar-refractivity contribution in [2.45, 2.75) is 90.0 Å². The number of hydrogen-bond acceptors (Lipinski definition) is 9. The van der Waals surface area contributed by atoms with Crippen molar-refractivity contribution >= 4 is 29.5 Å². The van der Waals surface area contributed by atoms with Crippen LogP contribution >= 0.6 is 0 Å². The first-order chi connectivity index (χ1) is 29.5. The quantitative estimate of drug-likeness (QED) is 0.243. The molecule has 14 heteroatoms. The molecule has 4 unspecified atom stereocenters. The number of hydrogen-bond donors (Lipinski definition) is 2. The molecule has 4 aliphatic heterocycles. The van der Waals surface area contributed by atoms with Gasteiger partial charge in [-0.2, -0.15) is 0 Å². The smallest absolute Gasteiger partial charge is 0.251 e. The second-order valence-corrected chi connectivity index (χ2v) is 19.0. The van der Waals surface area contributed by atoms with E-state index in [0.29, 0.717) is 50.6 Å². The molecule has 4 heterocycles. The van der Waals surface area contributed by atoms with Crippen LogP contribution in [-0.4, -0.2) is 195 Å². The molecule has 5 aliphatic rings. The summed E-state index contributed by atoms with van der Waals surface area (Å²) >= 11 is 0. The lowest BCUT2D eigenvalue weighted by molar-refractivity contribution is -0.137. The fraction of sp³-hybridized carbons (Fsp3) is 0.766. The number of amides is 5. The first kappa shape index (κ1) is 46.9. The fourth-order valence-corrected chi connectivity index (χ4v) is 10.1. The third kappa shape index (κ3) is 13.7. The summed E-state index contributed by atoms with van der Waals surface area (Å²) in [7, 11) is 3.95. The van der Waals surface area contributed by atoms with Crippen LogP contribution in [0.4, 0.5) is 0 Å². The molecule has 0 aromatic heterocycles. The minimum Gasteiger partial charge on any atom is -0.346 e. The highest BCUT2D eigenvalue weighted by Gasteiger charge is 2.36. The molecule has 5 fully saturated rings. The van der Waals surface area contributed by atoms with Gasteiger partial charge in [0.1, 0.15) is 6.04 Å². The van der Waals surface area contributed by atoms with Crippen molar-refractivity contribution in [1.29, 1.82) is 0 Å². The molecule has 4 saturated heterocycles. The Labute approximate surface area is 366 Å². The van der Waals surface area contributed by atoms with Gasteiger partial charge in [-0.1, -0.05) is 45.2 Å². The number of rotatable bonds is 17. The van der Waals surface area contributed by atoms with Gasteiger partial charge in [-0.25, -0.2) is 0 Å². The Hall–Kier alpha value is -3.59. The maximum Gasteiger partial charge on any atom is 0.251 e. The normalized spacial score (nSPS) is 23.6. The van der Waals surface area contributed by atoms with Gasteiger partial charge in [-0.05, 0) is 101 Å². The molecule has 61 heavy (non-hydrogen) atoms. The summed E-state index contributed by atoms with van der Waals surface area (Å²) in [5.41, 5.74) is 1.61. The molecule has 1 aromatic carbocycles. The standard InChI is InChI=1S/C47H77N9O5/c1-5-52(35-44(59)54-25-21-50(3)22-26-54)20-16-36(2)33-53-23-27-55(28-24-53)47(61)45(38-11-7-6-8-12-38)49-46(60)40-14-9-13-39(30-40)41-15-10-18-56(34-41)43(58)32-48-31-37-17-19-51(4)42(57)29-37/h9,13-14,30,36-38,41,45,48H,5-8,10-12,15-29,31-35H2,1-4H3,(H,49,60). The predicted molar refractivity (Wildman–Crippen MR) is 239 cm³/mol. The molecule has 1 saturated carbocycles. The average molecular weight is 848 g/mol. The Bertz CT molecular complexity index is 1610. The summed E-state index contributed by atoms with van der Waals surface area (Å²) in [6.45, 7) is 17.2. The summed E-state index contributed by atoms with van der Waals surface area (Å²) in [6, 6.07) is 7.26. The largest absolute Gasteiger partial charge is 0.346 e. The van der Waals surface area contributed by atoms with Crippen molar-refractivity contribution in [3.05, 3.63) is 35.4 Å². The number of likely N-dealkylation sites (tertiary alicyclic amines) is 2. The third-order valence-electron chi connectivity index (χ3n) is 14.4. The molecule has 2 N–H and O–H groups in total. The van der Waals surface area contributed by atoms with Gasteiger partial charge in [-0.3, -0.25) is 33.8 Å². The molecule has 340 valence electrons. The van der Waals surface area contributed by atoms with Crippen molar-refractivity contribution < 1.29 is 24.0 Å². The second-order valence-electron chi connectivity index (χ2n) is 19.0. The van der Waals surface area contributed by atoms with Gasteiger partial charge >= 0.3 is 0 Å². The van der Waals surface area contributed by atoms with E-state index in [4.69, 9.17) is 0 Å². The third-order valence-corrected chi connectivity index (χ3v) is 14.4. The number of piperazine rings is 2. The highest BCUT2D eigenvalue weighted by atomic mass is 16.2. The topological polar surface area (TPSA) is 132 Å². The molecule has 0 bridgehead atoms. The summed E-state index contributed by atoms with van der Waals surface area (Å²) < 4.78 is 0. The summed E-state index contributed by atoms with van der Waals surface area (Å²) in [6.07, 6.45) is 9.58. The van der Waals surface area contributed by atoms with Crippen LogP contribution in [0, 0.1) is 17.8 Å². The zero-order chi connectivity index (χ0) is 43.3. The molecule has 0 radical (unpaired) electrons. The van der Waals surface area contributed by atoms with E-state index in [1.807, 2.05) is 39.9 Å². The van der Waals surface area contributed by atoms with Gasteiger partial charge in [0.15, 0.2) is 0 Å². The van der Waals surface area contributed by atoms with Crippen molar-refractivity contribution in [1.82, 2.24) is 44.9 Å². The second kappa shape index (κ2) is 23.2. The predicted octanol–water partition coefficient (Wildman–Crippen LogP) is 2.80. The van der Waals surface area contributed by atoms with E-state index < -0.39 is 6.04 Å². The van der Waals surface area contributed by atoms with E-state index in [0.717, 1.165) is 129 Å². The highest BCUT2D eigenvalue weighted by molar-refractivity contribution is 5.98. The molecule has 14 nitrogen and oxygen atoms in total. The molecule has 5 amide bonds. The monoisotopic (exact) mass is 848 g/mol. The molecule has 4 atom stereocenters. The van der Waals surface area contributed by atoms with Crippen molar-refractivity contribution in [2.24, 2.45) is 17.8 Å². The number of nitrogens with zero attached hydrogens (tertiary/aromatic N) is 7. The lowest BCUT2D eigenvalue weighted by atomic mass is 9.83. The molecule has 6 rings (SSSR count). The minimum atomic E-state index is -0.543. The van der Waals surface area contributed by atoms with Crippen molar-refractivity contribution in [3.63, 3.8) is 0 Å². The number of benzene rings is 1. The minimum absolute atomic E-state index is 0.0465. The van der Waals surface area contributed by atoms with Crippen LogP contribution in [-0.2, 0) is 19.2 Å². The van der Waals surface area contributed by atoms with Crippen molar-refractivity contribution in [3.8, 4) is 0 Å². The van der Waals surface area contributed by atoms with Crippen LogP contribution in [0.5, 0.6) is 0 Å². The molecule has 1 aromatic rings. The lowest BCUT2D eigenvalue weighted by Crippen LogP contribution is -2.57. The van der Waals surface area contributed by atoms with Crippen LogP contribution in [0.3, 0.4) is 0 Å². The maximum atomic E-state index is 14.3. The number of nitrogens with one attached hydrogen (secondary N) is 2. The van der Waals surface area contributed by atoms with Gasteiger partial charge in [0.2, 0.25) is 23.6 Å². The van der Waals surface area contributed by atoms with Gasteiger partial charge < -0.3 is 35.1 Å². The summed E-state index contributed by atoms with van der Waals surface area (Å²) in [4.78, 5) is 81.4. The zero-order valence-electron chi connectivity index (χ0n) is 38.0. The molecular weight excluding hydrogens is 771 g/mol. The van der Waals surface area contributed by atoms with E-state index in [-0.39, 0.29) is 53.8 Å². The highest BCUT2D eigenvalue weighted by Crippen LogP contribution is 2.30. The van der Waals surface area contributed by atoms with E-state index in [9.17, 15) is 24.0 Å². The van der Waals surface area contributed by atoms with E-state index in [2.05, 4.69) is 52.3 Å². The van der Waals surface area contributed by atoms with Gasteiger partial charge in [0.05, 0.1) is 13.1 Å². The summed E-state index contributed by atoms with van der Waals surface area (Å²) in [5, 5.41) is 6.57. The first-order valence-electron chi connectivity index (χ1n) is 23.8. The number of piperidine rings is 2. The lowest BCUT2D eigenvalue weighted by Gasteiger charge is -2.39.